The lowest BCUT2D eigenvalue weighted by Crippen LogP contribution is -2.29. The predicted molar refractivity (Wildman–Crippen MR) is 69.1 cm³/mol. The standard InChI is InChI=1S/C15H16O4/c1-3-19-15(18)14-12-8-11(9(2)16)5-4-10(12)6-7-13(14)17/h4-5,8,14H,3,6-7H2,1-2H3. The van der Waals surface area contributed by atoms with E-state index in [4.69, 9.17) is 4.74 Å². The van der Waals surface area contributed by atoms with Gasteiger partial charge in [0.15, 0.2) is 11.6 Å². The molecule has 0 aromatic heterocycles. The minimum absolute atomic E-state index is 0.0802. The molecule has 1 unspecified atom stereocenters. The van der Waals surface area contributed by atoms with Crippen molar-refractivity contribution in [3.8, 4) is 0 Å². The molecule has 4 heteroatoms. The molecule has 0 saturated heterocycles. The van der Waals surface area contributed by atoms with Crippen LogP contribution in [-0.4, -0.2) is 24.1 Å². The molecule has 1 atom stereocenters. The number of ether oxygens (including phenoxy) is 1. The SMILES string of the molecule is CCOC(=O)C1C(=O)CCc2ccc(C(C)=O)cc21. The number of hydrogen-bond acceptors (Lipinski definition) is 4. The lowest BCUT2D eigenvalue weighted by Gasteiger charge is -2.23. The maximum absolute atomic E-state index is 12.0. The van der Waals surface area contributed by atoms with E-state index in [0.717, 1.165) is 5.56 Å². The number of benzene rings is 1. The summed E-state index contributed by atoms with van der Waals surface area (Å²) in [6.45, 7) is 3.41. The Kier molecular flexibility index (Phi) is 3.79. The second kappa shape index (κ2) is 5.34. The summed E-state index contributed by atoms with van der Waals surface area (Å²) >= 11 is 0. The molecule has 1 aliphatic rings. The Labute approximate surface area is 111 Å². The van der Waals surface area contributed by atoms with Crippen LogP contribution in [0.5, 0.6) is 0 Å². The van der Waals surface area contributed by atoms with Crippen molar-refractivity contribution in [1.82, 2.24) is 0 Å². The summed E-state index contributed by atoms with van der Waals surface area (Å²) in [5.41, 5.74) is 2.09. The third-order valence-corrected chi connectivity index (χ3v) is 3.35. The Morgan fingerprint density at radius 3 is 2.68 bits per heavy atom. The second-order valence-corrected chi connectivity index (χ2v) is 4.62. The van der Waals surface area contributed by atoms with Crippen LogP contribution in [0.4, 0.5) is 0 Å². The Bertz CT molecular complexity index is 545. The van der Waals surface area contributed by atoms with Gasteiger partial charge >= 0.3 is 5.97 Å². The van der Waals surface area contributed by atoms with E-state index in [0.29, 0.717) is 24.0 Å². The summed E-state index contributed by atoms with van der Waals surface area (Å²) in [5.74, 6) is -1.60. The van der Waals surface area contributed by atoms with E-state index in [-0.39, 0.29) is 18.2 Å². The molecule has 19 heavy (non-hydrogen) atoms. The van der Waals surface area contributed by atoms with Gasteiger partial charge in [-0.25, -0.2) is 0 Å². The van der Waals surface area contributed by atoms with Crippen molar-refractivity contribution in [2.24, 2.45) is 0 Å². The first-order valence-electron chi connectivity index (χ1n) is 6.37. The van der Waals surface area contributed by atoms with Gasteiger partial charge in [-0.1, -0.05) is 12.1 Å². The van der Waals surface area contributed by atoms with Crippen LogP contribution in [-0.2, 0) is 20.7 Å². The van der Waals surface area contributed by atoms with E-state index in [1.54, 1.807) is 19.1 Å². The topological polar surface area (TPSA) is 60.4 Å². The number of esters is 1. The molecule has 0 amide bonds. The maximum Gasteiger partial charge on any atom is 0.321 e. The van der Waals surface area contributed by atoms with Gasteiger partial charge in [0.05, 0.1) is 6.61 Å². The van der Waals surface area contributed by atoms with Crippen LogP contribution in [0.15, 0.2) is 18.2 Å². The first-order chi connectivity index (χ1) is 9.04. The van der Waals surface area contributed by atoms with E-state index in [2.05, 4.69) is 0 Å². The Balaban J connectivity index is 2.47. The number of Topliss-reactive ketones (excluding diaryl/α,β-unsaturated/α-hetero) is 2. The van der Waals surface area contributed by atoms with Gasteiger partial charge in [0.1, 0.15) is 5.92 Å². The summed E-state index contributed by atoms with van der Waals surface area (Å²) in [6.07, 6.45) is 0.957. The van der Waals surface area contributed by atoms with Crippen LogP contribution < -0.4 is 0 Å². The molecule has 4 nitrogen and oxygen atoms in total. The molecule has 0 N–H and O–H groups in total. The molecule has 0 radical (unpaired) electrons. The largest absolute Gasteiger partial charge is 0.465 e. The molecule has 0 bridgehead atoms. The highest BCUT2D eigenvalue weighted by molar-refractivity contribution is 6.06. The number of rotatable bonds is 3. The van der Waals surface area contributed by atoms with Crippen molar-refractivity contribution in [3.63, 3.8) is 0 Å². The minimum atomic E-state index is -0.872. The van der Waals surface area contributed by atoms with E-state index >= 15 is 0 Å². The molecule has 2 rings (SSSR count). The zero-order valence-corrected chi connectivity index (χ0v) is 11.1. The number of aryl methyl sites for hydroxylation is 1. The lowest BCUT2D eigenvalue weighted by molar-refractivity contribution is -0.148. The van der Waals surface area contributed by atoms with Crippen molar-refractivity contribution >= 4 is 17.5 Å². The molecule has 0 spiro atoms. The summed E-state index contributed by atoms with van der Waals surface area (Å²) in [6, 6.07) is 5.21. The first kappa shape index (κ1) is 13.5. The van der Waals surface area contributed by atoms with Crippen LogP contribution in [0.1, 0.15) is 47.7 Å². The molecular formula is C15H16O4. The van der Waals surface area contributed by atoms with Crippen LogP contribution in [0, 0.1) is 0 Å². The predicted octanol–water partition coefficient (Wildman–Crippen LogP) is 2.05. The lowest BCUT2D eigenvalue weighted by atomic mass is 9.81. The Morgan fingerprint density at radius 2 is 2.05 bits per heavy atom. The summed E-state index contributed by atoms with van der Waals surface area (Å²) < 4.78 is 4.96. The minimum Gasteiger partial charge on any atom is -0.465 e. The molecule has 1 aromatic rings. The highest BCUT2D eigenvalue weighted by Gasteiger charge is 2.34. The van der Waals surface area contributed by atoms with Crippen molar-refractivity contribution in [1.29, 1.82) is 0 Å². The third kappa shape index (κ3) is 2.57. The Morgan fingerprint density at radius 1 is 1.32 bits per heavy atom. The highest BCUT2D eigenvalue weighted by Crippen LogP contribution is 2.31. The quantitative estimate of drug-likeness (QED) is 0.474. The molecule has 0 heterocycles. The van der Waals surface area contributed by atoms with Gasteiger partial charge in [0, 0.05) is 12.0 Å². The molecule has 0 saturated carbocycles. The zero-order chi connectivity index (χ0) is 14.0. The van der Waals surface area contributed by atoms with Gasteiger partial charge in [-0.15, -0.1) is 0 Å². The van der Waals surface area contributed by atoms with Gasteiger partial charge in [0.25, 0.3) is 0 Å². The van der Waals surface area contributed by atoms with Gasteiger partial charge in [-0.2, -0.15) is 0 Å². The number of fused-ring (bicyclic) bond motifs is 1. The summed E-state index contributed by atoms with van der Waals surface area (Å²) in [5, 5.41) is 0. The maximum atomic E-state index is 12.0. The van der Waals surface area contributed by atoms with Crippen molar-refractivity contribution in [3.05, 3.63) is 34.9 Å². The van der Waals surface area contributed by atoms with E-state index < -0.39 is 11.9 Å². The number of carbonyl (C=O) groups is 3. The number of hydrogen-bond donors (Lipinski definition) is 0. The van der Waals surface area contributed by atoms with E-state index in [1.165, 1.54) is 6.92 Å². The van der Waals surface area contributed by atoms with Crippen molar-refractivity contribution < 1.29 is 19.1 Å². The monoisotopic (exact) mass is 260 g/mol. The summed E-state index contributed by atoms with van der Waals surface area (Å²) in [7, 11) is 0. The highest BCUT2D eigenvalue weighted by atomic mass is 16.5. The number of ketones is 2. The van der Waals surface area contributed by atoms with E-state index in [9.17, 15) is 14.4 Å². The van der Waals surface area contributed by atoms with E-state index in [1.807, 2.05) is 6.07 Å². The van der Waals surface area contributed by atoms with Crippen LogP contribution in [0.2, 0.25) is 0 Å². The van der Waals surface area contributed by atoms with Crippen LogP contribution >= 0.6 is 0 Å². The average molecular weight is 260 g/mol. The second-order valence-electron chi connectivity index (χ2n) is 4.62. The Hall–Kier alpha value is -1.97. The first-order valence-corrected chi connectivity index (χ1v) is 6.37. The molecule has 0 fully saturated rings. The molecule has 1 aliphatic carbocycles. The zero-order valence-electron chi connectivity index (χ0n) is 11.1. The van der Waals surface area contributed by atoms with Gasteiger partial charge in [-0.3, -0.25) is 14.4 Å². The van der Waals surface area contributed by atoms with Gasteiger partial charge < -0.3 is 4.74 Å². The molecule has 1 aromatic carbocycles. The molecular weight excluding hydrogens is 244 g/mol. The third-order valence-electron chi connectivity index (χ3n) is 3.35. The fourth-order valence-electron chi connectivity index (χ4n) is 2.37. The van der Waals surface area contributed by atoms with Gasteiger partial charge in [-0.05, 0) is 37.5 Å². The van der Waals surface area contributed by atoms with Crippen LogP contribution in [0.25, 0.3) is 0 Å². The van der Waals surface area contributed by atoms with Crippen LogP contribution in [0.3, 0.4) is 0 Å². The molecule has 100 valence electrons. The fourth-order valence-corrected chi connectivity index (χ4v) is 2.37. The average Bonchev–Trinajstić information content (AvgIpc) is 2.37. The normalized spacial score (nSPS) is 17.8. The summed E-state index contributed by atoms with van der Waals surface area (Å²) in [4.78, 5) is 35.3. The smallest absolute Gasteiger partial charge is 0.321 e. The van der Waals surface area contributed by atoms with Crippen molar-refractivity contribution in [2.45, 2.75) is 32.6 Å². The molecule has 0 aliphatic heterocycles. The van der Waals surface area contributed by atoms with Crippen molar-refractivity contribution in [2.75, 3.05) is 6.61 Å². The van der Waals surface area contributed by atoms with Gasteiger partial charge in [0.2, 0.25) is 0 Å². The number of carbonyl (C=O) groups excluding carboxylic acids is 3. The fraction of sp³-hybridized carbons (Fsp3) is 0.400.